The first kappa shape index (κ1) is 13.9. The van der Waals surface area contributed by atoms with Crippen molar-refractivity contribution >= 4 is 28.8 Å². The monoisotopic (exact) mass is 278 g/mol. The Hall–Kier alpha value is -1.50. The zero-order chi connectivity index (χ0) is 13.7. The molecule has 0 unspecified atom stereocenters. The van der Waals surface area contributed by atoms with Crippen molar-refractivity contribution in [1.29, 1.82) is 0 Å². The van der Waals surface area contributed by atoms with Gasteiger partial charge in [-0.15, -0.1) is 0 Å². The highest BCUT2D eigenvalue weighted by atomic mass is 32.1. The second-order valence-corrected chi connectivity index (χ2v) is 4.96. The Balaban J connectivity index is 1.81. The van der Waals surface area contributed by atoms with Crippen molar-refractivity contribution in [2.24, 2.45) is 0 Å². The molecule has 0 saturated carbocycles. The van der Waals surface area contributed by atoms with Crippen LogP contribution in [0, 0.1) is 0 Å². The minimum Gasteiger partial charge on any atom is -0.320 e. The maximum atomic E-state index is 11.9. The number of piperazine rings is 1. The van der Waals surface area contributed by atoms with E-state index in [1.165, 1.54) is 0 Å². The van der Waals surface area contributed by atoms with Gasteiger partial charge in [-0.2, -0.15) is 0 Å². The van der Waals surface area contributed by atoms with Crippen molar-refractivity contribution in [1.82, 2.24) is 15.3 Å². The fraction of sp³-hybridized carbons (Fsp3) is 0.385. The maximum Gasteiger partial charge on any atom is 0.284 e. The molecular formula is C13H18N4OS. The highest BCUT2D eigenvalue weighted by molar-refractivity contribution is 7.82. The van der Waals surface area contributed by atoms with Gasteiger partial charge in [-0.25, -0.2) is 5.01 Å². The van der Waals surface area contributed by atoms with Crippen LogP contribution in [-0.2, 0) is 4.79 Å². The largest absolute Gasteiger partial charge is 0.320 e. The van der Waals surface area contributed by atoms with Crippen LogP contribution in [0.2, 0.25) is 0 Å². The number of nitrogens with one attached hydrogen (secondary N) is 2. The number of para-hydroxylation sites is 1. The van der Waals surface area contributed by atoms with Crippen LogP contribution >= 0.6 is 12.2 Å². The topological polar surface area (TPSA) is 47.6 Å². The molecule has 1 aromatic carbocycles. The summed E-state index contributed by atoms with van der Waals surface area (Å²) in [6.45, 7) is 3.65. The molecule has 0 aliphatic carbocycles. The Morgan fingerprint density at radius 1 is 1.16 bits per heavy atom. The number of anilines is 1. The number of thiocarbonyl (C=S) groups is 1. The van der Waals surface area contributed by atoms with Crippen molar-refractivity contribution in [2.45, 2.75) is 0 Å². The molecule has 1 fully saturated rings. The minimum absolute atomic E-state index is 0.202. The lowest BCUT2D eigenvalue weighted by atomic mass is 10.3. The highest BCUT2D eigenvalue weighted by Crippen LogP contribution is 2.04. The van der Waals surface area contributed by atoms with Crippen molar-refractivity contribution in [3.8, 4) is 0 Å². The summed E-state index contributed by atoms with van der Waals surface area (Å²) in [5.41, 5.74) is 3.73. The zero-order valence-corrected chi connectivity index (χ0v) is 11.7. The molecule has 6 heteroatoms. The summed E-state index contributed by atoms with van der Waals surface area (Å²) >= 11 is 5.11. The van der Waals surface area contributed by atoms with Gasteiger partial charge in [0.05, 0.1) is 0 Å². The van der Waals surface area contributed by atoms with Crippen LogP contribution < -0.4 is 10.7 Å². The summed E-state index contributed by atoms with van der Waals surface area (Å²) in [6, 6.07) is 9.29. The third kappa shape index (κ3) is 4.27. The molecule has 5 nitrogen and oxygen atoms in total. The lowest BCUT2D eigenvalue weighted by Gasteiger charge is -2.32. The molecule has 1 heterocycles. The lowest BCUT2D eigenvalue weighted by molar-refractivity contribution is -0.110. The van der Waals surface area contributed by atoms with Gasteiger partial charge in [0.25, 0.3) is 5.91 Å². The molecule has 0 spiro atoms. The van der Waals surface area contributed by atoms with E-state index in [-0.39, 0.29) is 10.9 Å². The van der Waals surface area contributed by atoms with Crippen LogP contribution in [0.5, 0.6) is 0 Å². The summed E-state index contributed by atoms with van der Waals surface area (Å²) in [4.78, 5) is 14.3. The smallest absolute Gasteiger partial charge is 0.284 e. The number of rotatable bonds is 2. The summed E-state index contributed by atoms with van der Waals surface area (Å²) in [6.07, 6.45) is 0. The average Bonchev–Trinajstić information content (AvgIpc) is 2.42. The van der Waals surface area contributed by atoms with Gasteiger partial charge in [0, 0.05) is 31.9 Å². The van der Waals surface area contributed by atoms with Gasteiger partial charge in [-0.05, 0) is 19.2 Å². The van der Waals surface area contributed by atoms with E-state index in [2.05, 4.69) is 22.7 Å². The minimum atomic E-state index is -0.278. The predicted octanol–water partition coefficient (Wildman–Crippen LogP) is 0.704. The second kappa shape index (κ2) is 6.60. The number of hydrazine groups is 1. The van der Waals surface area contributed by atoms with Crippen molar-refractivity contribution in [3.63, 3.8) is 0 Å². The first-order valence-corrected chi connectivity index (χ1v) is 6.66. The van der Waals surface area contributed by atoms with Crippen LogP contribution in [0.1, 0.15) is 0 Å². The highest BCUT2D eigenvalue weighted by Gasteiger charge is 2.17. The molecule has 102 valence electrons. The number of likely N-dealkylation sites (N-methyl/N-ethyl adjacent to an activating group) is 1. The fourth-order valence-corrected chi connectivity index (χ4v) is 2.00. The quantitative estimate of drug-likeness (QED) is 0.780. The van der Waals surface area contributed by atoms with Gasteiger partial charge < -0.3 is 15.6 Å². The second-order valence-electron chi connectivity index (χ2n) is 4.55. The Morgan fingerprint density at radius 2 is 1.79 bits per heavy atom. The lowest BCUT2D eigenvalue weighted by Crippen LogP contribution is -2.54. The van der Waals surface area contributed by atoms with Crippen molar-refractivity contribution in [2.75, 3.05) is 38.5 Å². The SMILES string of the molecule is CN1CCN(NC(=S)C(=O)Nc2ccccc2)CC1. The number of hydrogen-bond acceptors (Lipinski definition) is 4. The summed E-state index contributed by atoms with van der Waals surface area (Å²) in [7, 11) is 2.08. The van der Waals surface area contributed by atoms with E-state index in [1.54, 1.807) is 0 Å². The van der Waals surface area contributed by atoms with Gasteiger partial charge in [0.15, 0.2) is 4.99 Å². The molecule has 1 amide bonds. The fourth-order valence-electron chi connectivity index (χ4n) is 1.82. The number of amides is 1. The number of hydrogen-bond donors (Lipinski definition) is 2. The molecule has 0 radical (unpaired) electrons. The molecule has 2 rings (SSSR count). The van der Waals surface area contributed by atoms with Gasteiger partial charge in [-0.3, -0.25) is 4.79 Å². The first-order valence-electron chi connectivity index (χ1n) is 6.25. The number of nitrogens with zero attached hydrogens (tertiary/aromatic N) is 2. The molecular weight excluding hydrogens is 260 g/mol. The Bertz CT molecular complexity index is 443. The number of carbonyl (C=O) groups excluding carboxylic acids is 1. The molecule has 0 atom stereocenters. The molecule has 2 N–H and O–H groups in total. The third-order valence-corrected chi connectivity index (χ3v) is 3.28. The first-order chi connectivity index (χ1) is 9.15. The Kier molecular flexibility index (Phi) is 4.84. The van der Waals surface area contributed by atoms with Crippen LogP contribution in [0.25, 0.3) is 0 Å². The standard InChI is InChI=1S/C13H18N4OS/c1-16-7-9-17(10-8-16)15-13(19)12(18)14-11-5-3-2-4-6-11/h2-6H,7-10H2,1H3,(H,14,18)(H,15,19). The summed E-state index contributed by atoms with van der Waals surface area (Å²) in [5.74, 6) is -0.278. The number of carbonyl (C=O) groups is 1. The van der Waals surface area contributed by atoms with E-state index in [1.807, 2.05) is 35.3 Å². The molecule has 1 aromatic rings. The van der Waals surface area contributed by atoms with Crippen LogP contribution in [0.4, 0.5) is 5.69 Å². The Morgan fingerprint density at radius 3 is 2.42 bits per heavy atom. The summed E-state index contributed by atoms with van der Waals surface area (Å²) in [5, 5.41) is 4.74. The van der Waals surface area contributed by atoms with E-state index in [9.17, 15) is 4.79 Å². The van der Waals surface area contributed by atoms with Gasteiger partial charge in [0.2, 0.25) is 0 Å². The molecule has 0 aromatic heterocycles. The molecule has 1 saturated heterocycles. The van der Waals surface area contributed by atoms with Crippen LogP contribution in [0.15, 0.2) is 30.3 Å². The van der Waals surface area contributed by atoms with Gasteiger partial charge in [0.1, 0.15) is 0 Å². The van der Waals surface area contributed by atoms with E-state index in [0.29, 0.717) is 0 Å². The normalized spacial score (nSPS) is 16.9. The number of benzene rings is 1. The molecule has 1 aliphatic heterocycles. The average molecular weight is 278 g/mol. The summed E-state index contributed by atoms with van der Waals surface area (Å²) < 4.78 is 0. The van der Waals surface area contributed by atoms with Gasteiger partial charge in [-0.1, -0.05) is 30.4 Å². The molecule has 0 bridgehead atoms. The zero-order valence-electron chi connectivity index (χ0n) is 10.9. The van der Waals surface area contributed by atoms with E-state index < -0.39 is 0 Å². The van der Waals surface area contributed by atoms with Crippen molar-refractivity contribution < 1.29 is 4.79 Å². The maximum absolute atomic E-state index is 11.9. The van der Waals surface area contributed by atoms with E-state index in [4.69, 9.17) is 12.2 Å². The van der Waals surface area contributed by atoms with Crippen LogP contribution in [-0.4, -0.2) is 54.0 Å². The third-order valence-electron chi connectivity index (χ3n) is 3.00. The predicted molar refractivity (Wildman–Crippen MR) is 79.9 cm³/mol. The van der Waals surface area contributed by atoms with Crippen molar-refractivity contribution in [3.05, 3.63) is 30.3 Å². The molecule has 1 aliphatic rings. The van der Waals surface area contributed by atoms with Gasteiger partial charge >= 0.3 is 0 Å². The van der Waals surface area contributed by atoms with E-state index in [0.717, 1.165) is 31.9 Å². The van der Waals surface area contributed by atoms with E-state index >= 15 is 0 Å². The van der Waals surface area contributed by atoms with Crippen LogP contribution in [0.3, 0.4) is 0 Å². The Labute approximate surface area is 118 Å². The molecule has 19 heavy (non-hydrogen) atoms.